The van der Waals surface area contributed by atoms with Crippen LogP contribution in [0.3, 0.4) is 0 Å². The third-order valence-electron chi connectivity index (χ3n) is 8.06. The predicted octanol–water partition coefficient (Wildman–Crippen LogP) is 5.19. The SMILES string of the molecule is O=C(NCc1cccc(F)c1)[C@H]1C[C@@H](C(=O)Nc2ccc3c(c2)CCC3)CN(Cc2c[nH]c3ccccc23)C1. The summed E-state index contributed by atoms with van der Waals surface area (Å²) in [7, 11) is 0. The van der Waals surface area contributed by atoms with Gasteiger partial charge in [0.1, 0.15) is 5.82 Å². The van der Waals surface area contributed by atoms with Crippen LogP contribution < -0.4 is 10.6 Å². The zero-order valence-corrected chi connectivity index (χ0v) is 21.9. The fourth-order valence-corrected chi connectivity index (χ4v) is 6.08. The van der Waals surface area contributed by atoms with Gasteiger partial charge < -0.3 is 15.6 Å². The number of carbonyl (C=O) groups is 2. The first-order valence-electron chi connectivity index (χ1n) is 13.7. The molecule has 1 fully saturated rings. The Balaban J connectivity index is 1.18. The van der Waals surface area contributed by atoms with Crippen LogP contribution in [0.4, 0.5) is 10.1 Å². The van der Waals surface area contributed by atoms with Crippen LogP contribution in [0.2, 0.25) is 0 Å². The molecule has 0 unspecified atom stereocenters. The number of hydrogen-bond donors (Lipinski definition) is 3. The van der Waals surface area contributed by atoms with Gasteiger partial charge in [0, 0.05) is 49.0 Å². The second-order valence-electron chi connectivity index (χ2n) is 10.9. The van der Waals surface area contributed by atoms with E-state index in [1.54, 1.807) is 12.1 Å². The monoisotopic (exact) mass is 524 g/mol. The van der Waals surface area contributed by atoms with Crippen LogP contribution in [0.25, 0.3) is 10.9 Å². The highest BCUT2D eigenvalue weighted by molar-refractivity contribution is 5.93. The molecule has 1 aliphatic carbocycles. The summed E-state index contributed by atoms with van der Waals surface area (Å²) >= 11 is 0. The number of benzene rings is 3. The molecule has 2 heterocycles. The molecule has 7 heteroatoms. The van der Waals surface area contributed by atoms with Crippen molar-refractivity contribution >= 4 is 28.4 Å². The summed E-state index contributed by atoms with van der Waals surface area (Å²) in [5, 5.41) is 7.25. The Bertz CT molecular complexity index is 1510. The van der Waals surface area contributed by atoms with Crippen LogP contribution in [-0.4, -0.2) is 34.8 Å². The molecule has 6 nitrogen and oxygen atoms in total. The Morgan fingerprint density at radius 3 is 2.62 bits per heavy atom. The van der Waals surface area contributed by atoms with Crippen LogP contribution in [0.5, 0.6) is 0 Å². The molecule has 1 aromatic heterocycles. The maximum Gasteiger partial charge on any atom is 0.228 e. The number of rotatable bonds is 7. The molecule has 2 aliphatic rings. The van der Waals surface area contributed by atoms with Gasteiger partial charge in [0.25, 0.3) is 0 Å². The summed E-state index contributed by atoms with van der Waals surface area (Å²) in [6.45, 7) is 2.02. The fourth-order valence-electron chi connectivity index (χ4n) is 6.08. The molecule has 1 saturated heterocycles. The highest BCUT2D eigenvalue weighted by Gasteiger charge is 2.35. The molecule has 0 saturated carbocycles. The number of nitrogens with one attached hydrogen (secondary N) is 3. The number of hydrogen-bond acceptors (Lipinski definition) is 3. The third-order valence-corrected chi connectivity index (χ3v) is 8.06. The number of nitrogens with zero attached hydrogens (tertiary/aromatic N) is 1. The topological polar surface area (TPSA) is 77.2 Å². The Morgan fingerprint density at radius 2 is 1.74 bits per heavy atom. The van der Waals surface area contributed by atoms with E-state index in [2.05, 4.69) is 38.7 Å². The molecule has 2 amide bonds. The van der Waals surface area contributed by atoms with Gasteiger partial charge in [-0.25, -0.2) is 4.39 Å². The number of anilines is 1. The standard InChI is InChI=1S/C32H33FN4O2/c33-27-8-3-5-21(13-27)16-35-31(38)24-14-25(32(39)36-28-12-11-22-6-4-7-23(22)15-28)19-37(18-24)20-26-17-34-30-10-2-1-9-29(26)30/h1-3,5,8-13,15,17,24-25,34H,4,6-7,14,16,18-20H2,(H,35,38)(H,36,39)/t24-,25+/m0/s1. The Labute approximate surface area is 227 Å². The summed E-state index contributed by atoms with van der Waals surface area (Å²) in [5.41, 5.74) is 6.42. The highest BCUT2D eigenvalue weighted by Crippen LogP contribution is 2.29. The average molecular weight is 525 g/mol. The molecule has 0 bridgehead atoms. The number of halogens is 1. The number of amides is 2. The van der Waals surface area contributed by atoms with E-state index in [0.717, 1.165) is 41.4 Å². The van der Waals surface area contributed by atoms with E-state index >= 15 is 0 Å². The van der Waals surface area contributed by atoms with Gasteiger partial charge in [-0.1, -0.05) is 36.4 Å². The zero-order valence-electron chi connectivity index (χ0n) is 21.9. The molecule has 0 radical (unpaired) electrons. The Kier molecular flexibility index (Phi) is 7.16. The average Bonchev–Trinajstić information content (AvgIpc) is 3.58. The van der Waals surface area contributed by atoms with Gasteiger partial charge in [-0.05, 0) is 78.3 Å². The van der Waals surface area contributed by atoms with Crippen LogP contribution in [-0.2, 0) is 35.5 Å². The van der Waals surface area contributed by atoms with E-state index < -0.39 is 0 Å². The minimum absolute atomic E-state index is 0.0560. The van der Waals surface area contributed by atoms with E-state index in [1.807, 2.05) is 30.5 Å². The van der Waals surface area contributed by atoms with Crippen molar-refractivity contribution < 1.29 is 14.0 Å². The van der Waals surface area contributed by atoms with Crippen molar-refractivity contribution in [1.82, 2.24) is 15.2 Å². The first-order chi connectivity index (χ1) is 19.0. The zero-order chi connectivity index (χ0) is 26.8. The number of likely N-dealkylation sites (tertiary alicyclic amines) is 1. The van der Waals surface area contributed by atoms with Crippen molar-refractivity contribution in [3.05, 3.63) is 101 Å². The third kappa shape index (κ3) is 5.73. The second-order valence-corrected chi connectivity index (χ2v) is 10.9. The number of H-pyrrole nitrogens is 1. The van der Waals surface area contributed by atoms with E-state index in [9.17, 15) is 14.0 Å². The lowest BCUT2D eigenvalue weighted by molar-refractivity contribution is -0.130. The Hall–Kier alpha value is -3.97. The van der Waals surface area contributed by atoms with E-state index in [0.29, 0.717) is 31.6 Å². The van der Waals surface area contributed by atoms with Crippen molar-refractivity contribution in [3.8, 4) is 0 Å². The van der Waals surface area contributed by atoms with Gasteiger partial charge >= 0.3 is 0 Å². The molecular weight excluding hydrogens is 491 g/mol. The van der Waals surface area contributed by atoms with Crippen molar-refractivity contribution in [2.45, 2.75) is 38.8 Å². The van der Waals surface area contributed by atoms with Gasteiger partial charge in [0.05, 0.1) is 11.8 Å². The molecule has 2 atom stereocenters. The van der Waals surface area contributed by atoms with Crippen molar-refractivity contribution in [3.63, 3.8) is 0 Å². The summed E-state index contributed by atoms with van der Waals surface area (Å²) in [4.78, 5) is 32.3. The lowest BCUT2D eigenvalue weighted by Crippen LogP contribution is -2.48. The van der Waals surface area contributed by atoms with Crippen molar-refractivity contribution in [2.75, 3.05) is 18.4 Å². The van der Waals surface area contributed by atoms with Crippen molar-refractivity contribution in [1.29, 1.82) is 0 Å². The van der Waals surface area contributed by atoms with Gasteiger partial charge in [0.2, 0.25) is 11.8 Å². The van der Waals surface area contributed by atoms with Gasteiger partial charge in [-0.15, -0.1) is 0 Å². The van der Waals surface area contributed by atoms with Gasteiger partial charge in [-0.3, -0.25) is 14.5 Å². The van der Waals surface area contributed by atoms with E-state index in [4.69, 9.17) is 0 Å². The number of aromatic nitrogens is 1. The van der Waals surface area contributed by atoms with Crippen LogP contribution >= 0.6 is 0 Å². The number of aryl methyl sites for hydroxylation is 2. The van der Waals surface area contributed by atoms with Crippen LogP contribution in [0.1, 0.15) is 35.1 Å². The summed E-state index contributed by atoms with van der Waals surface area (Å²) in [6, 6.07) is 20.6. The first-order valence-corrected chi connectivity index (χ1v) is 13.7. The molecular formula is C32H33FN4O2. The first kappa shape index (κ1) is 25.3. The molecule has 0 spiro atoms. The number of piperidine rings is 1. The normalized spacial score (nSPS) is 19.1. The summed E-state index contributed by atoms with van der Waals surface area (Å²) < 4.78 is 13.6. The Morgan fingerprint density at radius 1 is 0.923 bits per heavy atom. The maximum atomic E-state index is 13.6. The quantitative estimate of drug-likeness (QED) is 0.312. The largest absolute Gasteiger partial charge is 0.361 e. The number of carbonyl (C=O) groups excluding carboxylic acids is 2. The van der Waals surface area contributed by atoms with Gasteiger partial charge in [-0.2, -0.15) is 0 Å². The molecule has 1 aliphatic heterocycles. The number of para-hydroxylation sites is 1. The van der Waals surface area contributed by atoms with Crippen LogP contribution in [0, 0.1) is 17.7 Å². The van der Waals surface area contributed by atoms with Crippen LogP contribution in [0.15, 0.2) is 72.9 Å². The highest BCUT2D eigenvalue weighted by atomic mass is 19.1. The molecule has 3 aromatic carbocycles. The predicted molar refractivity (Wildman–Crippen MR) is 151 cm³/mol. The van der Waals surface area contributed by atoms with Crippen molar-refractivity contribution in [2.24, 2.45) is 11.8 Å². The lowest BCUT2D eigenvalue weighted by atomic mass is 9.87. The molecule has 3 N–H and O–H groups in total. The van der Waals surface area contributed by atoms with E-state index in [-0.39, 0.29) is 36.0 Å². The summed E-state index contributed by atoms with van der Waals surface area (Å²) in [5.74, 6) is -1.18. The lowest BCUT2D eigenvalue weighted by Gasteiger charge is -2.36. The smallest absolute Gasteiger partial charge is 0.228 e. The molecule has 4 aromatic rings. The minimum Gasteiger partial charge on any atom is -0.361 e. The van der Waals surface area contributed by atoms with E-state index in [1.165, 1.54) is 23.3 Å². The molecule has 39 heavy (non-hydrogen) atoms. The number of fused-ring (bicyclic) bond motifs is 2. The minimum atomic E-state index is -0.353. The second kappa shape index (κ2) is 11.0. The number of aromatic amines is 1. The van der Waals surface area contributed by atoms with Gasteiger partial charge in [0.15, 0.2) is 0 Å². The summed E-state index contributed by atoms with van der Waals surface area (Å²) in [6.07, 6.45) is 5.79. The molecule has 200 valence electrons. The molecule has 6 rings (SSSR count). The maximum absolute atomic E-state index is 13.6. The fraction of sp³-hybridized carbons (Fsp3) is 0.312.